The minimum atomic E-state index is -0.476. The van der Waals surface area contributed by atoms with Gasteiger partial charge in [0, 0.05) is 0 Å². The second kappa shape index (κ2) is 5.56. The highest BCUT2D eigenvalue weighted by molar-refractivity contribution is 5.76. The summed E-state index contributed by atoms with van der Waals surface area (Å²) in [6.45, 7) is 2.24. The lowest BCUT2D eigenvalue weighted by atomic mass is 9.77. The first-order valence-electron chi connectivity index (χ1n) is 6.60. The molecule has 106 valence electrons. The van der Waals surface area contributed by atoms with Gasteiger partial charge < -0.3 is 16.2 Å². The maximum atomic E-state index is 12.0. The molecule has 0 bridgehead atoms. The Morgan fingerprint density at radius 3 is 2.84 bits per heavy atom. The van der Waals surface area contributed by atoms with Gasteiger partial charge in [-0.1, -0.05) is 6.92 Å². The molecule has 1 fully saturated rings. The minimum Gasteiger partial charge on any atom is -0.394 e. The molecule has 4 N–H and O–H groups in total. The third-order valence-corrected chi connectivity index (χ3v) is 3.80. The zero-order valence-corrected chi connectivity index (χ0v) is 11.2. The monoisotopic (exact) mass is 267 g/mol. The van der Waals surface area contributed by atoms with E-state index in [0.29, 0.717) is 5.92 Å². The van der Waals surface area contributed by atoms with Gasteiger partial charge in [0.25, 0.3) is 0 Å². The van der Waals surface area contributed by atoms with Crippen molar-refractivity contribution in [1.29, 1.82) is 0 Å². The van der Waals surface area contributed by atoms with Crippen LogP contribution in [-0.2, 0) is 11.3 Å². The molecule has 1 heterocycles. The van der Waals surface area contributed by atoms with E-state index in [1.807, 2.05) is 0 Å². The SMILES string of the molecule is CC1CCC(CO)(NC(=O)Cn2cnc(N)n2)CC1. The van der Waals surface area contributed by atoms with Crippen LogP contribution >= 0.6 is 0 Å². The third kappa shape index (κ3) is 3.44. The fourth-order valence-electron chi connectivity index (χ4n) is 2.50. The summed E-state index contributed by atoms with van der Waals surface area (Å²) in [6, 6.07) is 0. The number of nitrogens with one attached hydrogen (secondary N) is 1. The molecule has 0 radical (unpaired) electrons. The van der Waals surface area contributed by atoms with Crippen molar-refractivity contribution in [2.45, 2.75) is 44.7 Å². The van der Waals surface area contributed by atoms with Gasteiger partial charge in [0.2, 0.25) is 11.9 Å². The molecule has 1 amide bonds. The molecule has 19 heavy (non-hydrogen) atoms. The van der Waals surface area contributed by atoms with E-state index in [9.17, 15) is 9.90 Å². The Bertz CT molecular complexity index is 437. The van der Waals surface area contributed by atoms with Crippen LogP contribution in [0.3, 0.4) is 0 Å². The topological polar surface area (TPSA) is 106 Å². The predicted molar refractivity (Wildman–Crippen MR) is 70.0 cm³/mol. The summed E-state index contributed by atoms with van der Waals surface area (Å²) in [5, 5.41) is 16.4. The molecule has 1 aliphatic rings. The van der Waals surface area contributed by atoms with Crippen molar-refractivity contribution in [3.63, 3.8) is 0 Å². The van der Waals surface area contributed by atoms with Crippen LogP contribution in [0, 0.1) is 5.92 Å². The summed E-state index contributed by atoms with van der Waals surface area (Å²) in [5.74, 6) is 0.636. The average Bonchev–Trinajstić information content (AvgIpc) is 2.78. The summed E-state index contributed by atoms with van der Waals surface area (Å²) in [5.41, 5.74) is 4.91. The Morgan fingerprint density at radius 2 is 2.32 bits per heavy atom. The van der Waals surface area contributed by atoms with Crippen molar-refractivity contribution in [3.05, 3.63) is 6.33 Å². The van der Waals surface area contributed by atoms with Crippen molar-refractivity contribution >= 4 is 11.9 Å². The van der Waals surface area contributed by atoms with Crippen LogP contribution in [-0.4, -0.2) is 37.9 Å². The quantitative estimate of drug-likeness (QED) is 0.707. The number of aromatic nitrogens is 3. The number of hydrogen-bond acceptors (Lipinski definition) is 5. The molecule has 7 heteroatoms. The number of anilines is 1. The molecule has 1 aliphatic carbocycles. The predicted octanol–water partition coefficient (Wildman–Crippen LogP) is -0.0823. The standard InChI is InChI=1S/C12H21N5O2/c1-9-2-4-12(7-18,5-3-9)15-10(19)6-17-8-14-11(13)16-17/h8-9,18H,2-7H2,1H3,(H2,13,16)(H,15,19). The molecule has 0 aromatic carbocycles. The molecule has 2 rings (SSSR count). The van der Waals surface area contributed by atoms with E-state index in [1.165, 1.54) is 11.0 Å². The third-order valence-electron chi connectivity index (χ3n) is 3.80. The number of aliphatic hydroxyl groups excluding tert-OH is 1. The van der Waals surface area contributed by atoms with Crippen molar-refractivity contribution in [3.8, 4) is 0 Å². The van der Waals surface area contributed by atoms with Crippen LogP contribution < -0.4 is 11.1 Å². The van der Waals surface area contributed by atoms with Gasteiger partial charge >= 0.3 is 0 Å². The maximum absolute atomic E-state index is 12.0. The van der Waals surface area contributed by atoms with Gasteiger partial charge in [-0.25, -0.2) is 9.67 Å². The molecule has 1 aromatic rings. The van der Waals surface area contributed by atoms with Gasteiger partial charge in [-0.05, 0) is 31.6 Å². The fourth-order valence-corrected chi connectivity index (χ4v) is 2.50. The van der Waals surface area contributed by atoms with Crippen molar-refractivity contribution in [2.75, 3.05) is 12.3 Å². The first-order valence-corrected chi connectivity index (χ1v) is 6.60. The average molecular weight is 267 g/mol. The Balaban J connectivity index is 1.93. The van der Waals surface area contributed by atoms with E-state index >= 15 is 0 Å². The van der Waals surface area contributed by atoms with E-state index < -0.39 is 5.54 Å². The summed E-state index contributed by atoms with van der Waals surface area (Å²) in [6.07, 6.45) is 5.10. The number of nitrogens with zero attached hydrogens (tertiary/aromatic N) is 3. The highest BCUT2D eigenvalue weighted by Crippen LogP contribution is 2.31. The van der Waals surface area contributed by atoms with Crippen LogP contribution in [0.1, 0.15) is 32.6 Å². The van der Waals surface area contributed by atoms with Crippen molar-refractivity contribution in [2.24, 2.45) is 5.92 Å². The Labute approximate surface area is 112 Å². The summed E-state index contributed by atoms with van der Waals surface area (Å²) in [7, 11) is 0. The zero-order chi connectivity index (χ0) is 13.9. The molecule has 1 saturated carbocycles. The molecule has 7 nitrogen and oxygen atoms in total. The van der Waals surface area contributed by atoms with Gasteiger partial charge in [0.05, 0.1) is 12.1 Å². The van der Waals surface area contributed by atoms with Crippen LogP contribution in [0.25, 0.3) is 0 Å². The number of carbonyl (C=O) groups is 1. The molecular formula is C12H21N5O2. The molecule has 0 spiro atoms. The summed E-state index contributed by atoms with van der Waals surface area (Å²) in [4.78, 5) is 15.7. The first-order chi connectivity index (χ1) is 9.03. The number of hydrogen-bond donors (Lipinski definition) is 3. The van der Waals surface area contributed by atoms with Gasteiger partial charge in [0.15, 0.2) is 0 Å². The molecular weight excluding hydrogens is 246 g/mol. The molecule has 0 aliphatic heterocycles. The van der Waals surface area contributed by atoms with Crippen LogP contribution in [0.15, 0.2) is 6.33 Å². The van der Waals surface area contributed by atoms with Crippen molar-refractivity contribution < 1.29 is 9.90 Å². The van der Waals surface area contributed by atoms with E-state index in [1.54, 1.807) is 0 Å². The van der Waals surface area contributed by atoms with E-state index in [4.69, 9.17) is 5.73 Å². The highest BCUT2D eigenvalue weighted by atomic mass is 16.3. The van der Waals surface area contributed by atoms with Crippen molar-refractivity contribution in [1.82, 2.24) is 20.1 Å². The minimum absolute atomic E-state index is 0.0229. The Morgan fingerprint density at radius 1 is 1.63 bits per heavy atom. The lowest BCUT2D eigenvalue weighted by Crippen LogP contribution is -2.54. The maximum Gasteiger partial charge on any atom is 0.242 e. The molecule has 0 unspecified atom stereocenters. The number of rotatable bonds is 4. The number of amides is 1. The Kier molecular flexibility index (Phi) is 4.04. The summed E-state index contributed by atoms with van der Waals surface area (Å²) >= 11 is 0. The number of nitrogen functional groups attached to an aromatic ring is 1. The van der Waals surface area contributed by atoms with E-state index in [2.05, 4.69) is 22.3 Å². The smallest absolute Gasteiger partial charge is 0.242 e. The second-order valence-electron chi connectivity index (χ2n) is 5.47. The first kappa shape index (κ1) is 13.8. The van der Waals surface area contributed by atoms with Crippen LogP contribution in [0.2, 0.25) is 0 Å². The highest BCUT2D eigenvalue weighted by Gasteiger charge is 2.34. The lowest BCUT2D eigenvalue weighted by Gasteiger charge is -2.38. The molecule has 1 aromatic heterocycles. The van der Waals surface area contributed by atoms with Crippen LogP contribution in [0.4, 0.5) is 5.95 Å². The number of carbonyl (C=O) groups excluding carboxylic acids is 1. The Hall–Kier alpha value is -1.63. The van der Waals surface area contributed by atoms with E-state index in [0.717, 1.165) is 25.7 Å². The van der Waals surface area contributed by atoms with Gasteiger partial charge in [-0.3, -0.25) is 4.79 Å². The largest absolute Gasteiger partial charge is 0.394 e. The second-order valence-corrected chi connectivity index (χ2v) is 5.47. The van der Waals surface area contributed by atoms with Gasteiger partial charge in [0.1, 0.15) is 12.9 Å². The summed E-state index contributed by atoms with van der Waals surface area (Å²) < 4.78 is 1.39. The van der Waals surface area contributed by atoms with Gasteiger partial charge in [-0.2, -0.15) is 0 Å². The lowest BCUT2D eigenvalue weighted by molar-refractivity contribution is -0.125. The molecule has 0 atom stereocenters. The number of nitrogens with two attached hydrogens (primary N) is 1. The number of aliphatic hydroxyl groups is 1. The normalized spacial score (nSPS) is 27.2. The fraction of sp³-hybridized carbons (Fsp3) is 0.750. The molecule has 0 saturated heterocycles. The zero-order valence-electron chi connectivity index (χ0n) is 11.2. The van der Waals surface area contributed by atoms with Gasteiger partial charge in [-0.15, -0.1) is 5.10 Å². The van der Waals surface area contributed by atoms with E-state index in [-0.39, 0.29) is 25.0 Å². The van der Waals surface area contributed by atoms with Crippen LogP contribution in [0.5, 0.6) is 0 Å².